The van der Waals surface area contributed by atoms with E-state index in [0.29, 0.717) is 5.89 Å². The fourth-order valence-corrected chi connectivity index (χ4v) is 4.45. The maximum absolute atomic E-state index is 5.52. The van der Waals surface area contributed by atoms with Crippen LogP contribution in [0.4, 0.5) is 0 Å². The van der Waals surface area contributed by atoms with Crippen molar-refractivity contribution in [1.29, 1.82) is 0 Å². The van der Waals surface area contributed by atoms with Gasteiger partial charge in [-0.3, -0.25) is 0 Å². The van der Waals surface area contributed by atoms with Crippen molar-refractivity contribution in [3.63, 3.8) is 0 Å². The molecule has 7 heteroatoms. The van der Waals surface area contributed by atoms with Crippen LogP contribution in [0.25, 0.3) is 11.5 Å². The molecule has 0 saturated carbocycles. The normalized spacial score (nSPS) is 10.9. The summed E-state index contributed by atoms with van der Waals surface area (Å²) in [7, 11) is 0. The molecule has 0 radical (unpaired) electrons. The molecule has 0 aliphatic heterocycles. The van der Waals surface area contributed by atoms with Gasteiger partial charge in [0.1, 0.15) is 6.26 Å². The van der Waals surface area contributed by atoms with Gasteiger partial charge in [-0.05, 0) is 17.9 Å². The fraction of sp³-hybridized carbons (Fsp3) is 0.214. The summed E-state index contributed by atoms with van der Waals surface area (Å²) in [5, 5.41) is 8.30. The van der Waals surface area contributed by atoms with Gasteiger partial charge in [0.2, 0.25) is 5.89 Å². The monoisotopic (exact) mass is 335 g/mol. The first-order valence-electron chi connectivity index (χ1n) is 6.44. The van der Waals surface area contributed by atoms with Crippen molar-refractivity contribution in [3.8, 4) is 11.5 Å². The largest absolute Gasteiger partial charge is 0.444 e. The summed E-state index contributed by atoms with van der Waals surface area (Å²) in [6, 6.07) is 9.90. The Kier molecular flexibility index (Phi) is 4.95. The Labute approximate surface area is 135 Å². The van der Waals surface area contributed by atoms with E-state index in [1.807, 2.05) is 30.3 Å². The Balaban J connectivity index is 1.62. The van der Waals surface area contributed by atoms with Crippen LogP contribution in [0.2, 0.25) is 0 Å². The molecule has 0 spiro atoms. The lowest BCUT2D eigenvalue weighted by Gasteiger charge is -1.93. The van der Waals surface area contributed by atoms with E-state index in [9.17, 15) is 0 Å². The average molecular weight is 335 g/mol. The topological polar surface area (TPSA) is 51.8 Å². The first-order chi connectivity index (χ1) is 10.3. The van der Waals surface area contributed by atoms with Crippen molar-refractivity contribution in [2.75, 3.05) is 5.75 Å². The summed E-state index contributed by atoms with van der Waals surface area (Å²) in [4.78, 5) is 4.50. The van der Waals surface area contributed by atoms with Gasteiger partial charge < -0.3 is 4.42 Å². The highest BCUT2D eigenvalue weighted by Gasteiger charge is 2.09. The van der Waals surface area contributed by atoms with E-state index in [2.05, 4.69) is 22.1 Å². The molecule has 0 bridgehead atoms. The van der Waals surface area contributed by atoms with Gasteiger partial charge in [-0.15, -0.1) is 10.2 Å². The van der Waals surface area contributed by atoms with E-state index in [1.54, 1.807) is 41.1 Å². The predicted molar refractivity (Wildman–Crippen MR) is 87.8 cm³/mol. The second kappa shape index (κ2) is 7.11. The zero-order valence-electron chi connectivity index (χ0n) is 11.4. The third-order valence-corrected chi connectivity index (χ3v) is 5.68. The Bertz CT molecular complexity index is 696. The summed E-state index contributed by atoms with van der Waals surface area (Å²) >= 11 is 4.98. The SMILES string of the molecule is CCSc1nnc(SCc2coc(-c3ccccc3)n2)s1. The molecule has 0 aliphatic rings. The number of nitrogens with zero attached hydrogens (tertiary/aromatic N) is 3. The van der Waals surface area contributed by atoms with E-state index in [1.165, 1.54) is 0 Å². The lowest BCUT2D eigenvalue weighted by Crippen LogP contribution is -1.82. The molecule has 0 saturated heterocycles. The summed E-state index contributed by atoms with van der Waals surface area (Å²) in [6.07, 6.45) is 1.71. The van der Waals surface area contributed by atoms with Crippen LogP contribution in [0.3, 0.4) is 0 Å². The highest BCUT2D eigenvalue weighted by atomic mass is 32.2. The lowest BCUT2D eigenvalue weighted by atomic mass is 10.2. The molecule has 0 amide bonds. The van der Waals surface area contributed by atoms with Crippen LogP contribution >= 0.6 is 34.9 Å². The molecule has 4 nitrogen and oxygen atoms in total. The van der Waals surface area contributed by atoms with Gasteiger partial charge in [-0.2, -0.15) is 0 Å². The van der Waals surface area contributed by atoms with Gasteiger partial charge >= 0.3 is 0 Å². The second-order valence-electron chi connectivity index (χ2n) is 4.07. The quantitative estimate of drug-likeness (QED) is 0.614. The number of aromatic nitrogens is 3. The minimum Gasteiger partial charge on any atom is -0.444 e. The van der Waals surface area contributed by atoms with Crippen molar-refractivity contribution in [2.24, 2.45) is 0 Å². The summed E-state index contributed by atoms with van der Waals surface area (Å²) in [5.74, 6) is 2.41. The van der Waals surface area contributed by atoms with Crippen molar-refractivity contribution < 1.29 is 4.42 Å². The van der Waals surface area contributed by atoms with Crippen molar-refractivity contribution in [3.05, 3.63) is 42.3 Å². The van der Waals surface area contributed by atoms with Crippen LogP contribution in [0.5, 0.6) is 0 Å². The van der Waals surface area contributed by atoms with Crippen LogP contribution in [-0.4, -0.2) is 20.9 Å². The minimum atomic E-state index is 0.658. The number of oxazole rings is 1. The minimum absolute atomic E-state index is 0.658. The number of thioether (sulfide) groups is 2. The van der Waals surface area contributed by atoms with E-state index in [0.717, 1.165) is 31.4 Å². The van der Waals surface area contributed by atoms with Crippen molar-refractivity contribution in [1.82, 2.24) is 15.2 Å². The van der Waals surface area contributed by atoms with E-state index in [4.69, 9.17) is 4.42 Å². The lowest BCUT2D eigenvalue weighted by molar-refractivity contribution is 0.573. The number of hydrogen-bond donors (Lipinski definition) is 0. The molecule has 21 heavy (non-hydrogen) atoms. The van der Waals surface area contributed by atoms with Gasteiger partial charge in [0.05, 0.1) is 5.69 Å². The Morgan fingerprint density at radius 3 is 2.62 bits per heavy atom. The van der Waals surface area contributed by atoms with Crippen molar-refractivity contribution in [2.45, 2.75) is 21.4 Å². The number of rotatable bonds is 6. The standard InChI is InChI=1S/C14H13N3OS3/c1-2-19-13-16-17-14(21-13)20-9-11-8-18-12(15-11)10-6-4-3-5-7-10/h3-8H,2,9H2,1H3. The first-order valence-corrected chi connectivity index (χ1v) is 9.23. The third kappa shape index (κ3) is 3.87. The van der Waals surface area contributed by atoms with Crippen LogP contribution < -0.4 is 0 Å². The summed E-state index contributed by atoms with van der Waals surface area (Å²) in [5.41, 5.74) is 1.91. The van der Waals surface area contributed by atoms with E-state index >= 15 is 0 Å². The Morgan fingerprint density at radius 1 is 1.10 bits per heavy atom. The molecule has 0 N–H and O–H groups in total. The average Bonchev–Trinajstić information content (AvgIpc) is 3.16. The van der Waals surface area contributed by atoms with Crippen LogP contribution in [-0.2, 0) is 5.75 Å². The maximum atomic E-state index is 5.52. The van der Waals surface area contributed by atoms with Gasteiger partial charge in [-0.25, -0.2) is 4.98 Å². The smallest absolute Gasteiger partial charge is 0.226 e. The summed E-state index contributed by atoms with van der Waals surface area (Å²) < 4.78 is 7.51. The van der Waals surface area contributed by atoms with Gasteiger partial charge in [0.25, 0.3) is 0 Å². The van der Waals surface area contributed by atoms with Crippen molar-refractivity contribution >= 4 is 34.9 Å². The first kappa shape index (κ1) is 14.6. The summed E-state index contributed by atoms with van der Waals surface area (Å²) in [6.45, 7) is 2.11. The van der Waals surface area contributed by atoms with E-state index in [-0.39, 0.29) is 0 Å². The van der Waals surface area contributed by atoms with Crippen LogP contribution in [0.15, 0.2) is 49.7 Å². The molecule has 0 unspecified atom stereocenters. The molecule has 1 aromatic carbocycles. The van der Waals surface area contributed by atoms with E-state index < -0.39 is 0 Å². The molecule has 2 aromatic heterocycles. The highest BCUT2D eigenvalue weighted by molar-refractivity contribution is 8.02. The molecule has 3 aromatic rings. The zero-order chi connectivity index (χ0) is 14.5. The molecule has 2 heterocycles. The molecular formula is C14H13N3OS3. The molecule has 0 atom stereocenters. The molecule has 108 valence electrons. The van der Waals surface area contributed by atoms with Crippen LogP contribution in [0, 0.1) is 0 Å². The molecule has 0 aliphatic carbocycles. The maximum Gasteiger partial charge on any atom is 0.226 e. The Morgan fingerprint density at radius 2 is 1.86 bits per heavy atom. The van der Waals surface area contributed by atoms with Gasteiger partial charge in [0.15, 0.2) is 8.68 Å². The molecular weight excluding hydrogens is 322 g/mol. The van der Waals surface area contributed by atoms with Gasteiger partial charge in [0, 0.05) is 11.3 Å². The fourth-order valence-electron chi connectivity index (χ4n) is 1.66. The van der Waals surface area contributed by atoms with Gasteiger partial charge in [-0.1, -0.05) is 60.0 Å². The highest BCUT2D eigenvalue weighted by Crippen LogP contribution is 2.30. The van der Waals surface area contributed by atoms with Crippen LogP contribution in [0.1, 0.15) is 12.6 Å². The number of benzene rings is 1. The molecule has 3 rings (SSSR count). The third-order valence-electron chi connectivity index (χ3n) is 2.57. The zero-order valence-corrected chi connectivity index (χ0v) is 13.8. The number of hydrogen-bond acceptors (Lipinski definition) is 7. The Hall–Kier alpha value is -1.31. The molecule has 0 fully saturated rings. The second-order valence-corrected chi connectivity index (χ2v) is 7.78. The predicted octanol–water partition coefficient (Wildman–Crippen LogP) is 4.60.